The van der Waals surface area contributed by atoms with Crippen molar-refractivity contribution in [2.45, 2.75) is 89.0 Å². The average molecular weight is 368 g/mol. The maximum absolute atomic E-state index is 3.06. The predicted octanol–water partition coefficient (Wildman–Crippen LogP) is 5.99. The van der Waals surface area contributed by atoms with Crippen LogP contribution in [0.15, 0.2) is 0 Å². The Balaban J connectivity index is 1.20. The van der Waals surface area contributed by atoms with Crippen molar-refractivity contribution in [1.82, 2.24) is 4.90 Å². The molecule has 8 aliphatic carbocycles. The van der Waals surface area contributed by atoms with Crippen LogP contribution >= 0.6 is 0 Å². The van der Waals surface area contributed by atoms with E-state index >= 15 is 0 Å². The van der Waals surface area contributed by atoms with Crippen molar-refractivity contribution in [2.24, 2.45) is 59.2 Å². The van der Waals surface area contributed by atoms with Gasteiger partial charge in [-0.1, -0.05) is 12.8 Å². The lowest BCUT2D eigenvalue weighted by molar-refractivity contribution is -0.157. The van der Waals surface area contributed by atoms with E-state index in [0.717, 1.165) is 59.2 Å². The molecule has 0 saturated heterocycles. The third-order valence-electron chi connectivity index (χ3n) is 11.8. The molecule has 0 N–H and O–H groups in total. The molecule has 11 atom stereocenters. The molecule has 9 unspecified atom stereocenters. The van der Waals surface area contributed by atoms with Gasteiger partial charge in [0.15, 0.2) is 0 Å². The minimum atomic E-state index is 0.631. The number of nitrogens with zero attached hydrogens (tertiary/aromatic N) is 1. The first-order valence-corrected chi connectivity index (χ1v) is 12.9. The molecule has 0 amide bonds. The molecule has 1 nitrogen and oxygen atoms in total. The normalized spacial score (nSPS) is 60.2. The van der Waals surface area contributed by atoms with Crippen molar-refractivity contribution in [3.63, 3.8) is 0 Å². The van der Waals surface area contributed by atoms with E-state index in [2.05, 4.69) is 11.9 Å². The molecule has 0 spiro atoms. The lowest BCUT2D eigenvalue weighted by Gasteiger charge is -2.66. The molecular formula is C26H41N. The summed E-state index contributed by atoms with van der Waals surface area (Å²) in [6, 6.07) is 0. The summed E-state index contributed by atoms with van der Waals surface area (Å²) in [5.41, 5.74) is 0.631. The van der Waals surface area contributed by atoms with Crippen molar-refractivity contribution < 1.29 is 0 Å². The lowest BCUT2D eigenvalue weighted by atomic mass is 9.44. The number of hydrogen-bond acceptors (Lipinski definition) is 1. The van der Waals surface area contributed by atoms with E-state index in [9.17, 15) is 0 Å². The predicted molar refractivity (Wildman–Crippen MR) is 110 cm³/mol. The Morgan fingerprint density at radius 1 is 0.667 bits per heavy atom. The summed E-state index contributed by atoms with van der Waals surface area (Å²) in [5.74, 6) is 11.1. The zero-order chi connectivity index (χ0) is 17.8. The maximum Gasteiger partial charge on any atom is 0.0245 e. The summed E-state index contributed by atoms with van der Waals surface area (Å²) < 4.78 is 0. The van der Waals surface area contributed by atoms with Gasteiger partial charge in [-0.15, -0.1) is 0 Å². The molecule has 8 aliphatic rings. The second-order valence-corrected chi connectivity index (χ2v) is 12.9. The van der Waals surface area contributed by atoms with Gasteiger partial charge in [-0.25, -0.2) is 0 Å². The summed E-state index contributed by atoms with van der Waals surface area (Å²) >= 11 is 0. The summed E-state index contributed by atoms with van der Waals surface area (Å²) in [6.07, 6.45) is 20.8. The Bertz CT molecular complexity index is 597. The van der Waals surface area contributed by atoms with Crippen molar-refractivity contribution in [3.8, 4) is 0 Å². The largest absolute Gasteiger partial charge is 0.300 e. The highest BCUT2D eigenvalue weighted by molar-refractivity contribution is 5.15. The quantitative estimate of drug-likeness (QED) is 0.590. The Hall–Kier alpha value is -0.0400. The van der Waals surface area contributed by atoms with Gasteiger partial charge in [0, 0.05) is 12.1 Å². The van der Waals surface area contributed by atoms with Gasteiger partial charge >= 0.3 is 0 Å². The zero-order valence-corrected chi connectivity index (χ0v) is 17.6. The van der Waals surface area contributed by atoms with Crippen LogP contribution < -0.4 is 0 Å². The zero-order valence-electron chi connectivity index (χ0n) is 17.6. The van der Waals surface area contributed by atoms with E-state index in [4.69, 9.17) is 0 Å². The van der Waals surface area contributed by atoms with Crippen molar-refractivity contribution in [3.05, 3.63) is 0 Å². The van der Waals surface area contributed by atoms with Gasteiger partial charge in [-0.05, 0) is 137 Å². The van der Waals surface area contributed by atoms with Gasteiger partial charge in [0.25, 0.3) is 0 Å². The fourth-order valence-electron chi connectivity index (χ4n) is 11.2. The molecule has 1 heteroatoms. The van der Waals surface area contributed by atoms with E-state index < -0.39 is 0 Å². The Kier molecular flexibility index (Phi) is 3.57. The molecule has 8 fully saturated rings. The van der Waals surface area contributed by atoms with Crippen molar-refractivity contribution >= 4 is 0 Å². The highest BCUT2D eigenvalue weighted by Gasteiger charge is 2.62. The fraction of sp³-hybridized carbons (Fsp3) is 1.00. The number of rotatable bonds is 4. The van der Waals surface area contributed by atoms with Crippen LogP contribution in [0.3, 0.4) is 0 Å². The molecule has 8 rings (SSSR count). The van der Waals surface area contributed by atoms with E-state index in [1.165, 1.54) is 6.54 Å². The first-order valence-electron chi connectivity index (χ1n) is 12.9. The van der Waals surface area contributed by atoms with E-state index in [1.807, 2.05) is 0 Å². The summed E-state index contributed by atoms with van der Waals surface area (Å²) in [5, 5.41) is 0. The fourth-order valence-corrected chi connectivity index (χ4v) is 11.2. The third kappa shape index (κ3) is 2.33. The van der Waals surface area contributed by atoms with Crippen LogP contribution in [0, 0.1) is 59.2 Å². The van der Waals surface area contributed by atoms with E-state index in [-0.39, 0.29) is 0 Å². The van der Waals surface area contributed by atoms with Crippen LogP contribution in [0.25, 0.3) is 0 Å². The summed E-state index contributed by atoms with van der Waals surface area (Å²) in [6.45, 7) is 1.46. The second kappa shape index (κ2) is 5.77. The molecule has 0 aromatic rings. The van der Waals surface area contributed by atoms with Gasteiger partial charge in [0.05, 0.1) is 0 Å². The number of hydrogen-bond donors (Lipinski definition) is 0. The van der Waals surface area contributed by atoms with Gasteiger partial charge in [-0.2, -0.15) is 0 Å². The van der Waals surface area contributed by atoms with E-state index in [1.54, 1.807) is 83.5 Å². The SMILES string of the molecule is CN(CC1CC2CCC1C2)C12C[C@@H]3CC(C[C@@H](C3)C1)C2C1CC2CCC1C2. The van der Waals surface area contributed by atoms with Crippen LogP contribution in [0.1, 0.15) is 83.5 Å². The van der Waals surface area contributed by atoms with Crippen LogP contribution in [0.2, 0.25) is 0 Å². The first-order chi connectivity index (χ1) is 13.2. The van der Waals surface area contributed by atoms with Crippen LogP contribution in [-0.2, 0) is 0 Å². The Morgan fingerprint density at radius 3 is 1.93 bits per heavy atom. The molecule has 0 aromatic heterocycles. The molecule has 27 heavy (non-hydrogen) atoms. The minimum Gasteiger partial charge on any atom is -0.300 e. The Morgan fingerprint density at radius 2 is 1.33 bits per heavy atom. The Labute approximate surface area is 167 Å². The first kappa shape index (κ1) is 16.7. The molecule has 0 aliphatic heterocycles. The second-order valence-electron chi connectivity index (χ2n) is 12.9. The molecule has 8 bridgehead atoms. The van der Waals surface area contributed by atoms with Crippen LogP contribution in [0.4, 0.5) is 0 Å². The highest BCUT2D eigenvalue weighted by atomic mass is 15.2. The van der Waals surface area contributed by atoms with Crippen LogP contribution in [0.5, 0.6) is 0 Å². The third-order valence-corrected chi connectivity index (χ3v) is 11.8. The summed E-state index contributed by atoms with van der Waals surface area (Å²) in [4.78, 5) is 3.06. The highest BCUT2D eigenvalue weighted by Crippen LogP contribution is 2.66. The van der Waals surface area contributed by atoms with Crippen molar-refractivity contribution in [1.29, 1.82) is 0 Å². The number of fused-ring (bicyclic) bond motifs is 4. The van der Waals surface area contributed by atoms with Crippen LogP contribution in [-0.4, -0.2) is 24.0 Å². The molecule has 8 saturated carbocycles. The van der Waals surface area contributed by atoms with Gasteiger partial charge in [0.1, 0.15) is 0 Å². The molecule has 0 aromatic carbocycles. The van der Waals surface area contributed by atoms with Gasteiger partial charge < -0.3 is 4.90 Å². The monoisotopic (exact) mass is 367 g/mol. The molecule has 150 valence electrons. The van der Waals surface area contributed by atoms with E-state index in [0.29, 0.717) is 5.54 Å². The topological polar surface area (TPSA) is 3.24 Å². The van der Waals surface area contributed by atoms with Gasteiger partial charge in [-0.3, -0.25) is 0 Å². The molecular weight excluding hydrogens is 326 g/mol. The standard InChI is InChI=1S/C26H41N/c1-27(15-23-9-16-2-4-20(23)7-16)26-13-18-6-19(14-26)11-22(10-18)25(26)24-12-17-3-5-21(24)8-17/h16-25H,2-15H2,1H3/t16?,17?,18-,19+,20?,21?,22?,23?,24?,25?,26?. The average Bonchev–Trinajstić information content (AvgIpc) is 3.42. The summed E-state index contributed by atoms with van der Waals surface area (Å²) in [7, 11) is 2.61. The lowest BCUT2D eigenvalue weighted by Crippen LogP contribution is -2.67. The maximum atomic E-state index is 3.06. The molecule has 0 heterocycles. The van der Waals surface area contributed by atoms with Crippen molar-refractivity contribution in [2.75, 3.05) is 13.6 Å². The van der Waals surface area contributed by atoms with Gasteiger partial charge in [0.2, 0.25) is 0 Å². The molecule has 0 radical (unpaired) electrons. The minimum absolute atomic E-state index is 0.631. The smallest absolute Gasteiger partial charge is 0.0245 e.